The Morgan fingerprint density at radius 1 is 1.47 bits per heavy atom. The average molecular weight is 318 g/mol. The molecular weight excluding hydrogens is 300 g/mol. The van der Waals surface area contributed by atoms with Gasteiger partial charge in [-0.1, -0.05) is 28.9 Å². The Morgan fingerprint density at radius 3 is 2.82 bits per heavy atom. The molecule has 0 aromatic heterocycles. The summed E-state index contributed by atoms with van der Waals surface area (Å²) in [4.78, 5) is 0. The molecule has 94 valence electrons. The monoisotopic (exact) mass is 316 g/mol. The molecule has 0 spiro atoms. The molecule has 1 saturated carbocycles. The molecule has 1 aromatic rings. The maximum absolute atomic E-state index is 6.09. The van der Waals surface area contributed by atoms with E-state index in [0.717, 1.165) is 35.0 Å². The van der Waals surface area contributed by atoms with Gasteiger partial charge in [0.15, 0.2) is 0 Å². The van der Waals surface area contributed by atoms with Crippen molar-refractivity contribution in [3.8, 4) is 5.75 Å². The highest BCUT2D eigenvalue weighted by molar-refractivity contribution is 9.10. The summed E-state index contributed by atoms with van der Waals surface area (Å²) in [5.74, 6) is 2.47. The van der Waals surface area contributed by atoms with Gasteiger partial charge in [-0.2, -0.15) is 0 Å². The van der Waals surface area contributed by atoms with Gasteiger partial charge in [-0.3, -0.25) is 0 Å². The molecule has 0 saturated heterocycles. The van der Waals surface area contributed by atoms with Crippen LogP contribution in [0.3, 0.4) is 0 Å². The molecule has 1 nitrogen and oxygen atoms in total. The first-order chi connectivity index (χ1) is 8.14. The van der Waals surface area contributed by atoms with Gasteiger partial charge in [-0.15, -0.1) is 11.6 Å². The van der Waals surface area contributed by atoms with Gasteiger partial charge in [0, 0.05) is 10.4 Å². The molecule has 1 atom stereocenters. The van der Waals surface area contributed by atoms with Crippen LogP contribution in [0.25, 0.3) is 0 Å². The van der Waals surface area contributed by atoms with Gasteiger partial charge in [-0.05, 0) is 48.8 Å². The summed E-state index contributed by atoms with van der Waals surface area (Å²) in [6.45, 7) is 3.03. The van der Waals surface area contributed by atoms with Gasteiger partial charge in [0.2, 0.25) is 0 Å². The second-order valence-electron chi connectivity index (χ2n) is 5.12. The lowest BCUT2D eigenvalue weighted by molar-refractivity contribution is 0.208. The molecule has 0 aliphatic heterocycles. The van der Waals surface area contributed by atoms with Gasteiger partial charge in [0.1, 0.15) is 5.75 Å². The first kappa shape index (κ1) is 13.2. The third kappa shape index (κ3) is 3.62. The van der Waals surface area contributed by atoms with Gasteiger partial charge in [0.25, 0.3) is 0 Å². The normalized spacial score (nSPS) is 18.8. The van der Waals surface area contributed by atoms with E-state index in [0.29, 0.717) is 0 Å². The van der Waals surface area contributed by atoms with E-state index < -0.39 is 0 Å². The fourth-order valence-electron chi connectivity index (χ4n) is 2.12. The third-order valence-corrected chi connectivity index (χ3v) is 4.71. The Kier molecular flexibility index (Phi) is 4.37. The molecule has 0 amide bonds. The predicted molar refractivity (Wildman–Crippen MR) is 75.8 cm³/mol. The highest BCUT2D eigenvalue weighted by atomic mass is 79.9. The topological polar surface area (TPSA) is 9.23 Å². The Hall–Kier alpha value is -0.210. The molecule has 17 heavy (non-hydrogen) atoms. The summed E-state index contributed by atoms with van der Waals surface area (Å²) < 4.78 is 6.83. The van der Waals surface area contributed by atoms with Gasteiger partial charge < -0.3 is 4.74 Å². The van der Waals surface area contributed by atoms with Crippen LogP contribution < -0.4 is 4.74 Å². The average Bonchev–Trinajstić information content (AvgIpc) is 3.13. The zero-order valence-electron chi connectivity index (χ0n) is 10.1. The number of ether oxygens (including phenoxy) is 1. The Bertz CT molecular complexity index is 378. The summed E-state index contributed by atoms with van der Waals surface area (Å²) in [5, 5.41) is 0. The molecule has 3 heteroatoms. The highest BCUT2D eigenvalue weighted by Crippen LogP contribution is 2.48. The predicted octanol–water partition coefficient (Wildman–Crippen LogP) is 4.87. The molecule has 0 radical (unpaired) electrons. The summed E-state index contributed by atoms with van der Waals surface area (Å²) in [5.41, 5.74) is 0.258. The zero-order chi connectivity index (χ0) is 12.3. The van der Waals surface area contributed by atoms with Crippen molar-refractivity contribution in [2.75, 3.05) is 12.5 Å². The Morgan fingerprint density at radius 2 is 2.24 bits per heavy atom. The molecule has 0 bridgehead atoms. The van der Waals surface area contributed by atoms with E-state index in [4.69, 9.17) is 16.3 Å². The molecule has 1 aliphatic rings. The van der Waals surface area contributed by atoms with Crippen molar-refractivity contribution in [3.05, 3.63) is 28.7 Å². The van der Waals surface area contributed by atoms with Crippen LogP contribution in [-0.2, 0) is 0 Å². The largest absolute Gasteiger partial charge is 0.494 e. The molecule has 1 unspecified atom stereocenters. The van der Waals surface area contributed by atoms with Crippen molar-refractivity contribution in [3.63, 3.8) is 0 Å². The third-order valence-electron chi connectivity index (χ3n) is 3.61. The molecule has 0 N–H and O–H groups in total. The van der Waals surface area contributed by atoms with Crippen LogP contribution in [-0.4, -0.2) is 12.5 Å². The van der Waals surface area contributed by atoms with Crippen LogP contribution in [0.2, 0.25) is 0 Å². The lowest BCUT2D eigenvalue weighted by Crippen LogP contribution is -2.24. The molecular formula is C14H18BrClO. The van der Waals surface area contributed by atoms with E-state index in [1.165, 1.54) is 12.8 Å². The standard InChI is InChI=1S/C14H18BrClO/c1-14(10-16,11-5-6-11)7-8-17-13-4-2-3-12(15)9-13/h2-4,9,11H,5-8,10H2,1H3. The number of hydrogen-bond donors (Lipinski definition) is 0. The zero-order valence-corrected chi connectivity index (χ0v) is 12.4. The van der Waals surface area contributed by atoms with Crippen LogP contribution >= 0.6 is 27.5 Å². The first-order valence-electron chi connectivity index (χ1n) is 6.08. The van der Waals surface area contributed by atoms with Crippen molar-refractivity contribution in [2.24, 2.45) is 11.3 Å². The van der Waals surface area contributed by atoms with Crippen LogP contribution in [0.4, 0.5) is 0 Å². The number of halogens is 2. The molecule has 1 aromatic carbocycles. The minimum atomic E-state index is 0.258. The van der Waals surface area contributed by atoms with Crippen LogP contribution in [0.15, 0.2) is 28.7 Å². The second kappa shape index (κ2) is 5.62. The highest BCUT2D eigenvalue weighted by Gasteiger charge is 2.40. The van der Waals surface area contributed by atoms with E-state index in [9.17, 15) is 0 Å². The van der Waals surface area contributed by atoms with E-state index in [-0.39, 0.29) is 5.41 Å². The van der Waals surface area contributed by atoms with E-state index >= 15 is 0 Å². The lowest BCUT2D eigenvalue weighted by atomic mass is 9.84. The first-order valence-corrected chi connectivity index (χ1v) is 7.41. The SMILES string of the molecule is CC(CCl)(CCOc1cccc(Br)c1)C1CC1. The molecule has 0 heterocycles. The minimum absolute atomic E-state index is 0.258. The summed E-state index contributed by atoms with van der Waals surface area (Å²) >= 11 is 9.53. The van der Waals surface area contributed by atoms with E-state index in [1.54, 1.807) is 0 Å². The van der Waals surface area contributed by atoms with Crippen LogP contribution in [0.1, 0.15) is 26.2 Å². The smallest absolute Gasteiger partial charge is 0.120 e. The maximum atomic E-state index is 6.09. The second-order valence-corrected chi connectivity index (χ2v) is 6.30. The van der Waals surface area contributed by atoms with E-state index in [1.807, 2.05) is 24.3 Å². The Labute approximate surface area is 117 Å². The lowest BCUT2D eigenvalue weighted by Gasteiger charge is -2.26. The fourth-order valence-corrected chi connectivity index (χ4v) is 2.85. The molecule has 2 rings (SSSR count). The number of alkyl halides is 1. The van der Waals surface area contributed by atoms with Crippen molar-refractivity contribution >= 4 is 27.5 Å². The van der Waals surface area contributed by atoms with Gasteiger partial charge in [-0.25, -0.2) is 0 Å². The van der Waals surface area contributed by atoms with Crippen molar-refractivity contribution < 1.29 is 4.74 Å². The Balaban J connectivity index is 1.82. The summed E-state index contributed by atoms with van der Waals surface area (Å²) in [7, 11) is 0. The van der Waals surface area contributed by atoms with Crippen molar-refractivity contribution in [1.82, 2.24) is 0 Å². The molecule has 1 aliphatic carbocycles. The summed E-state index contributed by atoms with van der Waals surface area (Å²) in [6, 6.07) is 7.97. The number of rotatable bonds is 6. The quantitative estimate of drug-likeness (QED) is 0.680. The van der Waals surface area contributed by atoms with Crippen LogP contribution in [0, 0.1) is 11.3 Å². The van der Waals surface area contributed by atoms with Crippen LogP contribution in [0.5, 0.6) is 5.75 Å². The number of hydrogen-bond acceptors (Lipinski definition) is 1. The molecule has 1 fully saturated rings. The minimum Gasteiger partial charge on any atom is -0.494 e. The maximum Gasteiger partial charge on any atom is 0.120 e. The fraction of sp³-hybridized carbons (Fsp3) is 0.571. The van der Waals surface area contributed by atoms with Crippen molar-refractivity contribution in [2.45, 2.75) is 26.2 Å². The van der Waals surface area contributed by atoms with Gasteiger partial charge >= 0.3 is 0 Å². The van der Waals surface area contributed by atoms with E-state index in [2.05, 4.69) is 22.9 Å². The number of benzene rings is 1. The van der Waals surface area contributed by atoms with Crippen molar-refractivity contribution in [1.29, 1.82) is 0 Å². The van der Waals surface area contributed by atoms with Gasteiger partial charge in [0.05, 0.1) is 6.61 Å². The summed E-state index contributed by atoms with van der Waals surface area (Å²) in [6.07, 6.45) is 3.70.